The summed E-state index contributed by atoms with van der Waals surface area (Å²) in [5, 5.41) is 4.74. The van der Waals surface area contributed by atoms with Crippen molar-refractivity contribution in [2.45, 2.75) is 45.1 Å². The van der Waals surface area contributed by atoms with Gasteiger partial charge in [-0.2, -0.15) is 5.10 Å². The van der Waals surface area contributed by atoms with Gasteiger partial charge in [-0.1, -0.05) is 36.9 Å². The first-order chi connectivity index (χ1) is 14.0. The Hall–Kier alpha value is -2.86. The van der Waals surface area contributed by atoms with Gasteiger partial charge in [-0.25, -0.2) is 15.2 Å². The van der Waals surface area contributed by atoms with E-state index in [0.717, 1.165) is 40.8 Å². The van der Waals surface area contributed by atoms with Gasteiger partial charge in [0.2, 0.25) is 0 Å². The molecule has 3 aromatic rings. The van der Waals surface area contributed by atoms with Crippen LogP contribution in [0.2, 0.25) is 5.02 Å². The van der Waals surface area contributed by atoms with Gasteiger partial charge in [0.15, 0.2) is 0 Å². The quantitative estimate of drug-likeness (QED) is 0.455. The number of fused-ring (bicyclic) bond motifs is 1. The number of hydrazone groups is 1. The van der Waals surface area contributed by atoms with E-state index in [2.05, 4.69) is 21.2 Å². The summed E-state index contributed by atoms with van der Waals surface area (Å²) in [6.45, 7) is 1.83. The summed E-state index contributed by atoms with van der Waals surface area (Å²) in [6.07, 6.45) is 6.11. The number of primary amides is 1. The monoisotopic (exact) mass is 409 g/mol. The number of carbonyl (C=O) groups excluding carboxylic acids is 1. The fourth-order valence-electron chi connectivity index (χ4n) is 4.04. The van der Waals surface area contributed by atoms with Gasteiger partial charge in [-0.05, 0) is 61.7 Å². The van der Waals surface area contributed by atoms with E-state index >= 15 is 0 Å². The minimum atomic E-state index is -0.683. The van der Waals surface area contributed by atoms with E-state index in [1.807, 2.05) is 43.3 Å². The minimum absolute atomic E-state index is 0.441. The van der Waals surface area contributed by atoms with E-state index in [-0.39, 0.29) is 0 Å². The van der Waals surface area contributed by atoms with Gasteiger partial charge < -0.3 is 10.3 Å². The van der Waals surface area contributed by atoms with Crippen LogP contribution in [0.15, 0.2) is 47.6 Å². The molecule has 1 fully saturated rings. The molecule has 1 aliphatic carbocycles. The fraction of sp³-hybridized carbons (Fsp3) is 0.318. The Labute approximate surface area is 174 Å². The van der Waals surface area contributed by atoms with E-state index in [1.165, 1.54) is 19.3 Å². The van der Waals surface area contributed by atoms with Crippen molar-refractivity contribution in [3.63, 3.8) is 0 Å². The van der Waals surface area contributed by atoms with Crippen LogP contribution >= 0.6 is 11.6 Å². The molecule has 0 saturated heterocycles. The van der Waals surface area contributed by atoms with Crippen molar-refractivity contribution in [1.82, 2.24) is 15.0 Å². The van der Waals surface area contributed by atoms with Crippen LogP contribution in [-0.4, -0.2) is 21.3 Å². The number of benzene rings is 2. The third-order valence-electron chi connectivity index (χ3n) is 5.48. The molecule has 2 aromatic carbocycles. The van der Waals surface area contributed by atoms with Gasteiger partial charge in [-0.15, -0.1) is 0 Å². The van der Waals surface area contributed by atoms with Gasteiger partial charge in [0, 0.05) is 16.6 Å². The Balaban J connectivity index is 1.82. The predicted molar refractivity (Wildman–Crippen MR) is 117 cm³/mol. The number of nitrogens with one attached hydrogen (secondary N) is 1. The third-order valence-corrected chi connectivity index (χ3v) is 5.74. The highest BCUT2D eigenvalue weighted by molar-refractivity contribution is 6.30. The second-order valence-corrected chi connectivity index (χ2v) is 7.92. The molecule has 0 spiro atoms. The number of imidazole rings is 1. The maximum Gasteiger partial charge on any atom is 0.332 e. The SMILES string of the molecule is C/C(=N\NC(N)=O)c1ccc2c(c1)nc(-c1ccc(Cl)cc1)n2C1CCCCC1. The summed E-state index contributed by atoms with van der Waals surface area (Å²) >= 11 is 6.09. The lowest BCUT2D eigenvalue weighted by atomic mass is 9.94. The molecule has 1 heterocycles. The number of urea groups is 1. The number of hydrogen-bond donors (Lipinski definition) is 2. The molecule has 6 nitrogen and oxygen atoms in total. The zero-order chi connectivity index (χ0) is 20.4. The molecule has 0 unspecified atom stereocenters. The molecule has 150 valence electrons. The van der Waals surface area contributed by atoms with E-state index in [0.29, 0.717) is 16.8 Å². The lowest BCUT2D eigenvalue weighted by molar-refractivity contribution is 0.249. The summed E-state index contributed by atoms with van der Waals surface area (Å²) < 4.78 is 2.38. The molecule has 7 heteroatoms. The Morgan fingerprint density at radius 2 is 1.90 bits per heavy atom. The van der Waals surface area contributed by atoms with E-state index in [1.54, 1.807) is 0 Å². The Morgan fingerprint density at radius 3 is 2.59 bits per heavy atom. The number of nitrogens with two attached hydrogens (primary N) is 1. The Bertz CT molecular complexity index is 1060. The van der Waals surface area contributed by atoms with Gasteiger partial charge in [0.25, 0.3) is 0 Å². The molecule has 4 rings (SSSR count). The van der Waals surface area contributed by atoms with E-state index in [4.69, 9.17) is 22.3 Å². The number of hydrogen-bond acceptors (Lipinski definition) is 3. The second-order valence-electron chi connectivity index (χ2n) is 7.48. The standard InChI is InChI=1S/C22H24ClN5O/c1-14(26-27-22(24)29)16-9-12-20-19(13-16)25-21(15-7-10-17(23)11-8-15)28(20)18-5-3-2-4-6-18/h7-13,18H,2-6H2,1H3,(H3,24,27,29)/b26-14+. The lowest BCUT2D eigenvalue weighted by Crippen LogP contribution is -2.25. The zero-order valence-corrected chi connectivity index (χ0v) is 17.1. The van der Waals surface area contributed by atoms with Crippen LogP contribution < -0.4 is 11.2 Å². The van der Waals surface area contributed by atoms with Crippen molar-refractivity contribution < 1.29 is 4.79 Å². The highest BCUT2D eigenvalue weighted by atomic mass is 35.5. The summed E-state index contributed by atoms with van der Waals surface area (Å²) in [5.41, 5.74) is 12.0. The predicted octanol–water partition coefficient (Wildman–Crippen LogP) is 5.25. The molecule has 0 bridgehead atoms. The molecule has 1 aliphatic rings. The average molecular weight is 410 g/mol. The summed E-state index contributed by atoms with van der Waals surface area (Å²) in [5.74, 6) is 0.963. The second kappa shape index (κ2) is 8.25. The van der Waals surface area contributed by atoms with E-state index in [9.17, 15) is 4.79 Å². The summed E-state index contributed by atoms with van der Waals surface area (Å²) in [6, 6.07) is 13.7. The molecule has 0 atom stereocenters. The topological polar surface area (TPSA) is 85.3 Å². The van der Waals surface area contributed by atoms with E-state index < -0.39 is 6.03 Å². The maximum absolute atomic E-state index is 10.9. The molecule has 2 amide bonds. The molecular weight excluding hydrogens is 386 g/mol. The van der Waals surface area contributed by atoms with Crippen molar-refractivity contribution in [3.8, 4) is 11.4 Å². The Morgan fingerprint density at radius 1 is 1.17 bits per heavy atom. The van der Waals surface area contributed by atoms with Gasteiger partial charge in [0.05, 0.1) is 16.7 Å². The van der Waals surface area contributed by atoms with Gasteiger partial charge in [-0.3, -0.25) is 0 Å². The average Bonchev–Trinajstić information content (AvgIpc) is 3.11. The fourth-order valence-corrected chi connectivity index (χ4v) is 4.16. The van der Waals surface area contributed by atoms with Crippen LogP contribution in [-0.2, 0) is 0 Å². The van der Waals surface area contributed by atoms with Crippen LogP contribution in [0.25, 0.3) is 22.4 Å². The van der Waals surface area contributed by atoms with Crippen LogP contribution in [0.4, 0.5) is 4.79 Å². The van der Waals surface area contributed by atoms with Crippen LogP contribution in [0.5, 0.6) is 0 Å². The number of rotatable bonds is 4. The molecule has 1 aromatic heterocycles. The molecular formula is C22H24ClN5O. The number of amides is 2. The molecule has 0 aliphatic heterocycles. The first kappa shape index (κ1) is 19.5. The van der Waals surface area contributed by atoms with Crippen molar-refractivity contribution in [2.24, 2.45) is 10.8 Å². The largest absolute Gasteiger partial charge is 0.350 e. The highest BCUT2D eigenvalue weighted by Gasteiger charge is 2.22. The van der Waals surface area contributed by atoms with Crippen molar-refractivity contribution in [3.05, 3.63) is 53.1 Å². The van der Waals surface area contributed by atoms with Gasteiger partial charge in [0.1, 0.15) is 5.82 Å². The number of halogens is 1. The highest BCUT2D eigenvalue weighted by Crippen LogP contribution is 2.36. The smallest absolute Gasteiger partial charge is 0.332 e. The van der Waals surface area contributed by atoms with Crippen LogP contribution in [0.1, 0.15) is 50.6 Å². The van der Waals surface area contributed by atoms with Crippen molar-refractivity contribution >= 4 is 34.4 Å². The minimum Gasteiger partial charge on any atom is -0.350 e. The number of aromatic nitrogens is 2. The summed E-state index contributed by atoms with van der Waals surface area (Å²) in [4.78, 5) is 15.9. The maximum atomic E-state index is 10.9. The molecule has 29 heavy (non-hydrogen) atoms. The van der Waals surface area contributed by atoms with Crippen LogP contribution in [0.3, 0.4) is 0 Å². The molecule has 3 N–H and O–H groups in total. The van der Waals surface area contributed by atoms with Crippen molar-refractivity contribution in [2.75, 3.05) is 0 Å². The number of carbonyl (C=O) groups is 1. The lowest BCUT2D eigenvalue weighted by Gasteiger charge is -2.25. The van der Waals surface area contributed by atoms with Gasteiger partial charge >= 0.3 is 6.03 Å². The summed E-state index contributed by atoms with van der Waals surface area (Å²) in [7, 11) is 0. The van der Waals surface area contributed by atoms with Crippen molar-refractivity contribution in [1.29, 1.82) is 0 Å². The zero-order valence-electron chi connectivity index (χ0n) is 16.4. The number of nitrogens with zero attached hydrogens (tertiary/aromatic N) is 3. The normalized spacial score (nSPS) is 15.6. The first-order valence-electron chi connectivity index (χ1n) is 9.91. The van der Waals surface area contributed by atoms with Crippen LogP contribution in [0, 0.1) is 0 Å². The Kier molecular flexibility index (Phi) is 5.53. The molecule has 1 saturated carbocycles. The third kappa shape index (κ3) is 4.12. The molecule has 0 radical (unpaired) electrons. The first-order valence-corrected chi connectivity index (χ1v) is 10.3.